The first-order valence-electron chi connectivity index (χ1n) is 7.78. The summed E-state index contributed by atoms with van der Waals surface area (Å²) in [4.78, 5) is 14.3. The summed E-state index contributed by atoms with van der Waals surface area (Å²) >= 11 is 0. The lowest BCUT2D eigenvalue weighted by atomic mass is 10.2. The topological polar surface area (TPSA) is 44.3 Å². The molecule has 1 saturated heterocycles. The van der Waals surface area contributed by atoms with E-state index in [4.69, 9.17) is 4.98 Å². The van der Waals surface area contributed by atoms with Gasteiger partial charge < -0.3 is 15.1 Å². The van der Waals surface area contributed by atoms with E-state index in [1.807, 2.05) is 0 Å². The first-order valence-corrected chi connectivity index (χ1v) is 7.78. The van der Waals surface area contributed by atoms with Gasteiger partial charge in [0.2, 0.25) is 0 Å². The first kappa shape index (κ1) is 15.0. The second kappa shape index (κ2) is 6.88. The molecule has 0 radical (unpaired) electrons. The smallest absolute Gasteiger partial charge is 0.137 e. The standard InChI is InChI=1S/C15H27N5/c1-5-13-17-14(16-6-2)12(4)15(18-13)20-10-8-19(7-3)9-11-20/h5-11H2,1-4H3,(H,16,17,18). The van der Waals surface area contributed by atoms with Gasteiger partial charge in [-0.05, 0) is 20.4 Å². The van der Waals surface area contributed by atoms with Gasteiger partial charge in [0.1, 0.15) is 17.5 Å². The van der Waals surface area contributed by atoms with Gasteiger partial charge in [-0.2, -0.15) is 0 Å². The molecule has 1 aromatic heterocycles. The summed E-state index contributed by atoms with van der Waals surface area (Å²) in [7, 11) is 0. The van der Waals surface area contributed by atoms with Gasteiger partial charge in [-0.25, -0.2) is 9.97 Å². The molecule has 0 atom stereocenters. The van der Waals surface area contributed by atoms with E-state index < -0.39 is 0 Å². The fourth-order valence-electron chi connectivity index (χ4n) is 2.63. The van der Waals surface area contributed by atoms with Gasteiger partial charge >= 0.3 is 0 Å². The monoisotopic (exact) mass is 277 g/mol. The van der Waals surface area contributed by atoms with Crippen LogP contribution in [0.3, 0.4) is 0 Å². The van der Waals surface area contributed by atoms with Crippen LogP contribution in [0.1, 0.15) is 32.2 Å². The van der Waals surface area contributed by atoms with Crippen molar-refractivity contribution in [1.29, 1.82) is 0 Å². The van der Waals surface area contributed by atoms with Gasteiger partial charge in [0.15, 0.2) is 0 Å². The molecule has 5 heteroatoms. The highest BCUT2D eigenvalue weighted by molar-refractivity contribution is 5.59. The lowest BCUT2D eigenvalue weighted by Gasteiger charge is -2.35. The SMILES string of the molecule is CCNc1nc(CC)nc(N2CCN(CC)CC2)c1C. The summed E-state index contributed by atoms with van der Waals surface area (Å²) in [6.07, 6.45) is 0.876. The molecule has 5 nitrogen and oxygen atoms in total. The van der Waals surface area contributed by atoms with E-state index in [2.05, 4.69) is 47.8 Å². The van der Waals surface area contributed by atoms with Crippen LogP contribution >= 0.6 is 0 Å². The third-order valence-electron chi connectivity index (χ3n) is 3.95. The molecule has 2 heterocycles. The lowest BCUT2D eigenvalue weighted by Crippen LogP contribution is -2.46. The minimum Gasteiger partial charge on any atom is -0.370 e. The van der Waals surface area contributed by atoms with Crippen molar-refractivity contribution < 1.29 is 0 Å². The maximum Gasteiger partial charge on any atom is 0.137 e. The predicted octanol–water partition coefficient (Wildman–Crippen LogP) is 1.92. The highest BCUT2D eigenvalue weighted by Crippen LogP contribution is 2.24. The highest BCUT2D eigenvalue weighted by Gasteiger charge is 2.20. The molecule has 2 rings (SSSR count). The molecule has 0 spiro atoms. The summed E-state index contributed by atoms with van der Waals surface area (Å²) in [5.74, 6) is 3.04. The van der Waals surface area contributed by atoms with E-state index >= 15 is 0 Å². The molecule has 1 aromatic rings. The number of nitrogens with one attached hydrogen (secondary N) is 1. The van der Waals surface area contributed by atoms with Crippen molar-refractivity contribution in [2.75, 3.05) is 49.5 Å². The van der Waals surface area contributed by atoms with Crippen LogP contribution < -0.4 is 10.2 Å². The number of piperazine rings is 1. The molecular weight excluding hydrogens is 250 g/mol. The van der Waals surface area contributed by atoms with Crippen molar-refractivity contribution in [3.63, 3.8) is 0 Å². The van der Waals surface area contributed by atoms with Crippen LogP contribution in [-0.4, -0.2) is 54.1 Å². The summed E-state index contributed by atoms with van der Waals surface area (Å²) in [5.41, 5.74) is 1.17. The maximum absolute atomic E-state index is 4.76. The first-order chi connectivity index (χ1) is 9.69. The van der Waals surface area contributed by atoms with Crippen molar-refractivity contribution in [3.8, 4) is 0 Å². The molecular formula is C15H27N5. The molecule has 0 bridgehead atoms. The van der Waals surface area contributed by atoms with E-state index in [1.165, 1.54) is 5.56 Å². The minimum atomic E-state index is 0.876. The van der Waals surface area contributed by atoms with Gasteiger partial charge in [-0.1, -0.05) is 13.8 Å². The summed E-state index contributed by atoms with van der Waals surface area (Å²) < 4.78 is 0. The molecule has 1 N–H and O–H groups in total. The number of aryl methyl sites for hydroxylation is 1. The van der Waals surface area contributed by atoms with E-state index in [-0.39, 0.29) is 0 Å². The zero-order valence-corrected chi connectivity index (χ0v) is 13.2. The molecule has 0 unspecified atom stereocenters. The highest BCUT2D eigenvalue weighted by atomic mass is 15.3. The van der Waals surface area contributed by atoms with Crippen molar-refractivity contribution >= 4 is 11.6 Å². The fraction of sp³-hybridized carbons (Fsp3) is 0.733. The number of hydrogen-bond acceptors (Lipinski definition) is 5. The number of hydrogen-bond donors (Lipinski definition) is 1. The summed E-state index contributed by atoms with van der Waals surface area (Å²) in [5, 5.41) is 3.36. The Morgan fingerprint density at radius 3 is 2.30 bits per heavy atom. The van der Waals surface area contributed by atoms with Crippen LogP contribution in [0.15, 0.2) is 0 Å². The van der Waals surface area contributed by atoms with Crippen LogP contribution in [-0.2, 0) is 6.42 Å². The molecule has 0 amide bonds. The third-order valence-corrected chi connectivity index (χ3v) is 3.95. The molecule has 1 aliphatic rings. The Labute approximate surface area is 122 Å². The summed E-state index contributed by atoms with van der Waals surface area (Å²) in [6.45, 7) is 15.0. The average molecular weight is 277 g/mol. The molecule has 0 saturated carbocycles. The van der Waals surface area contributed by atoms with Gasteiger partial charge in [0.05, 0.1) is 0 Å². The molecule has 0 aromatic carbocycles. The number of likely N-dealkylation sites (N-methyl/N-ethyl adjacent to an activating group) is 1. The Morgan fingerprint density at radius 1 is 1.05 bits per heavy atom. The summed E-state index contributed by atoms with van der Waals surface area (Å²) in [6, 6.07) is 0. The number of nitrogens with zero attached hydrogens (tertiary/aromatic N) is 4. The zero-order chi connectivity index (χ0) is 14.5. The van der Waals surface area contributed by atoms with E-state index in [0.29, 0.717) is 0 Å². The van der Waals surface area contributed by atoms with Gasteiger partial charge in [0.25, 0.3) is 0 Å². The molecule has 1 aliphatic heterocycles. The van der Waals surface area contributed by atoms with Crippen molar-refractivity contribution in [3.05, 3.63) is 11.4 Å². The van der Waals surface area contributed by atoms with E-state index in [1.54, 1.807) is 0 Å². The van der Waals surface area contributed by atoms with Gasteiger partial charge in [-0.3, -0.25) is 0 Å². The Hall–Kier alpha value is -1.36. The number of anilines is 2. The van der Waals surface area contributed by atoms with Crippen molar-refractivity contribution in [2.45, 2.75) is 34.1 Å². The predicted molar refractivity (Wildman–Crippen MR) is 84.6 cm³/mol. The molecule has 0 aliphatic carbocycles. The van der Waals surface area contributed by atoms with E-state index in [9.17, 15) is 0 Å². The molecule has 112 valence electrons. The van der Waals surface area contributed by atoms with Crippen molar-refractivity contribution in [1.82, 2.24) is 14.9 Å². The quantitative estimate of drug-likeness (QED) is 0.891. The Balaban J connectivity index is 2.24. The second-order valence-corrected chi connectivity index (χ2v) is 5.24. The van der Waals surface area contributed by atoms with Crippen LogP contribution in [0.4, 0.5) is 11.6 Å². The third kappa shape index (κ3) is 3.20. The van der Waals surface area contributed by atoms with Gasteiger partial charge in [0, 0.05) is 44.7 Å². The van der Waals surface area contributed by atoms with Crippen LogP contribution in [0.2, 0.25) is 0 Å². The fourth-order valence-corrected chi connectivity index (χ4v) is 2.63. The average Bonchev–Trinajstić information content (AvgIpc) is 2.49. The molecule has 20 heavy (non-hydrogen) atoms. The van der Waals surface area contributed by atoms with Gasteiger partial charge in [-0.15, -0.1) is 0 Å². The van der Waals surface area contributed by atoms with Crippen LogP contribution in [0.5, 0.6) is 0 Å². The maximum atomic E-state index is 4.76. The van der Waals surface area contributed by atoms with Crippen molar-refractivity contribution in [2.24, 2.45) is 0 Å². The normalized spacial score (nSPS) is 16.5. The zero-order valence-electron chi connectivity index (χ0n) is 13.2. The Bertz CT molecular complexity index is 438. The number of aromatic nitrogens is 2. The minimum absolute atomic E-state index is 0.876. The largest absolute Gasteiger partial charge is 0.370 e. The van der Waals surface area contributed by atoms with Crippen LogP contribution in [0.25, 0.3) is 0 Å². The Morgan fingerprint density at radius 2 is 1.75 bits per heavy atom. The Kier molecular flexibility index (Phi) is 5.17. The number of rotatable bonds is 5. The van der Waals surface area contributed by atoms with E-state index in [0.717, 1.165) is 63.1 Å². The van der Waals surface area contributed by atoms with Crippen LogP contribution in [0, 0.1) is 6.92 Å². The second-order valence-electron chi connectivity index (χ2n) is 5.24. The lowest BCUT2D eigenvalue weighted by molar-refractivity contribution is 0.270. The molecule has 1 fully saturated rings.